The Morgan fingerprint density at radius 2 is 1.94 bits per heavy atom. The predicted molar refractivity (Wildman–Crippen MR) is 73.0 cm³/mol. The Morgan fingerprint density at radius 3 is 2.72 bits per heavy atom. The minimum Gasteiger partial charge on any atom is -0.368 e. The number of nitrogens with zero attached hydrogens (tertiary/aromatic N) is 4. The van der Waals surface area contributed by atoms with Gasteiger partial charge in [0.15, 0.2) is 5.65 Å². The molecule has 18 heavy (non-hydrogen) atoms. The molecule has 0 saturated heterocycles. The summed E-state index contributed by atoms with van der Waals surface area (Å²) in [6.45, 7) is 0.709. The second-order valence-corrected chi connectivity index (χ2v) is 4.65. The van der Waals surface area contributed by atoms with Crippen molar-refractivity contribution >= 4 is 33.0 Å². The summed E-state index contributed by atoms with van der Waals surface area (Å²) in [6, 6.07) is 10.1. The van der Waals surface area contributed by atoms with E-state index in [2.05, 4.69) is 43.0 Å². The van der Waals surface area contributed by atoms with Crippen LogP contribution in [0.5, 0.6) is 0 Å². The number of hydrogen-bond acceptors (Lipinski definition) is 4. The molecule has 3 aromatic rings. The lowest BCUT2D eigenvalue weighted by atomic mass is 10.2. The average Bonchev–Trinajstić information content (AvgIpc) is 2.74. The minimum atomic E-state index is 0.240. The van der Waals surface area contributed by atoms with Gasteiger partial charge >= 0.3 is 0 Å². The average molecular weight is 304 g/mol. The van der Waals surface area contributed by atoms with Gasteiger partial charge in [0.2, 0.25) is 5.95 Å². The molecular weight excluding hydrogens is 294 g/mol. The van der Waals surface area contributed by atoms with Crippen molar-refractivity contribution in [1.82, 2.24) is 19.5 Å². The molecule has 2 aromatic heterocycles. The summed E-state index contributed by atoms with van der Waals surface area (Å²) < 4.78 is 2.57. The van der Waals surface area contributed by atoms with Crippen LogP contribution in [-0.4, -0.2) is 19.5 Å². The number of nitrogen functional groups attached to an aromatic ring is 1. The smallest absolute Gasteiger partial charge is 0.223 e. The van der Waals surface area contributed by atoms with Crippen molar-refractivity contribution < 1.29 is 0 Å². The Morgan fingerprint density at radius 1 is 1.17 bits per heavy atom. The van der Waals surface area contributed by atoms with Gasteiger partial charge in [-0.1, -0.05) is 30.3 Å². The molecule has 0 aliphatic rings. The SMILES string of the molecule is Nc1nc(Br)c2ncn(Cc3ccccc3)c2n1. The molecule has 0 radical (unpaired) electrons. The Hall–Kier alpha value is -1.95. The van der Waals surface area contributed by atoms with Crippen molar-refractivity contribution in [3.05, 3.63) is 46.8 Å². The normalized spacial score (nSPS) is 10.9. The van der Waals surface area contributed by atoms with Crippen molar-refractivity contribution in [3.8, 4) is 0 Å². The van der Waals surface area contributed by atoms with Gasteiger partial charge in [-0.3, -0.25) is 0 Å². The van der Waals surface area contributed by atoms with E-state index in [9.17, 15) is 0 Å². The number of imidazole rings is 1. The lowest BCUT2D eigenvalue weighted by Gasteiger charge is -2.04. The number of anilines is 1. The number of rotatable bonds is 2. The quantitative estimate of drug-likeness (QED) is 0.737. The molecule has 0 atom stereocenters. The molecule has 0 aliphatic heterocycles. The summed E-state index contributed by atoms with van der Waals surface area (Å²) in [7, 11) is 0. The van der Waals surface area contributed by atoms with E-state index in [1.54, 1.807) is 6.33 Å². The van der Waals surface area contributed by atoms with E-state index in [1.807, 2.05) is 22.8 Å². The van der Waals surface area contributed by atoms with E-state index in [4.69, 9.17) is 5.73 Å². The minimum absolute atomic E-state index is 0.240. The van der Waals surface area contributed by atoms with Crippen LogP contribution in [0.15, 0.2) is 41.3 Å². The first-order chi connectivity index (χ1) is 8.74. The van der Waals surface area contributed by atoms with Crippen LogP contribution in [0.1, 0.15) is 5.56 Å². The molecule has 90 valence electrons. The number of aromatic nitrogens is 4. The third-order valence-corrected chi connectivity index (χ3v) is 3.19. The molecule has 0 unspecified atom stereocenters. The zero-order valence-corrected chi connectivity index (χ0v) is 11.0. The van der Waals surface area contributed by atoms with Crippen molar-refractivity contribution in [2.75, 3.05) is 5.73 Å². The van der Waals surface area contributed by atoms with Crippen LogP contribution in [-0.2, 0) is 6.54 Å². The highest BCUT2D eigenvalue weighted by Crippen LogP contribution is 2.20. The van der Waals surface area contributed by atoms with Crippen molar-refractivity contribution in [2.45, 2.75) is 6.54 Å². The lowest BCUT2D eigenvalue weighted by Crippen LogP contribution is -2.02. The van der Waals surface area contributed by atoms with Gasteiger partial charge in [0.1, 0.15) is 10.1 Å². The largest absolute Gasteiger partial charge is 0.368 e. The highest BCUT2D eigenvalue weighted by atomic mass is 79.9. The molecule has 0 aliphatic carbocycles. The first kappa shape index (κ1) is 11.2. The highest BCUT2D eigenvalue weighted by molar-refractivity contribution is 9.10. The number of benzene rings is 1. The molecule has 0 spiro atoms. The van der Waals surface area contributed by atoms with Crippen LogP contribution in [0.4, 0.5) is 5.95 Å². The third kappa shape index (κ3) is 1.95. The lowest BCUT2D eigenvalue weighted by molar-refractivity contribution is 0.814. The summed E-state index contributed by atoms with van der Waals surface area (Å²) in [5.74, 6) is 0.240. The van der Waals surface area contributed by atoms with Crippen LogP contribution in [0, 0.1) is 0 Å². The molecule has 5 nitrogen and oxygen atoms in total. The van der Waals surface area contributed by atoms with E-state index < -0.39 is 0 Å². The Kier molecular flexibility index (Phi) is 2.71. The van der Waals surface area contributed by atoms with E-state index in [-0.39, 0.29) is 5.95 Å². The molecule has 6 heteroatoms. The van der Waals surface area contributed by atoms with E-state index in [0.29, 0.717) is 11.1 Å². The number of fused-ring (bicyclic) bond motifs is 1. The summed E-state index contributed by atoms with van der Waals surface area (Å²) in [5.41, 5.74) is 8.29. The van der Waals surface area contributed by atoms with Crippen molar-refractivity contribution in [2.24, 2.45) is 0 Å². The molecule has 0 amide bonds. The molecule has 2 heterocycles. The van der Waals surface area contributed by atoms with Gasteiger partial charge in [-0.05, 0) is 21.5 Å². The molecule has 3 rings (SSSR count). The van der Waals surface area contributed by atoms with Crippen LogP contribution in [0.2, 0.25) is 0 Å². The molecule has 1 aromatic carbocycles. The Labute approximate surface area is 112 Å². The predicted octanol–water partition coefficient (Wildman–Crippen LogP) is 2.22. The molecule has 2 N–H and O–H groups in total. The zero-order valence-electron chi connectivity index (χ0n) is 9.42. The third-order valence-electron chi connectivity index (χ3n) is 2.63. The fourth-order valence-electron chi connectivity index (χ4n) is 1.82. The van der Waals surface area contributed by atoms with Crippen LogP contribution in [0.25, 0.3) is 11.2 Å². The molecule has 0 fully saturated rings. The van der Waals surface area contributed by atoms with Crippen LogP contribution in [0.3, 0.4) is 0 Å². The Bertz CT molecular complexity index is 692. The van der Waals surface area contributed by atoms with E-state index >= 15 is 0 Å². The zero-order chi connectivity index (χ0) is 12.5. The molecule has 0 saturated carbocycles. The van der Waals surface area contributed by atoms with Gasteiger partial charge in [0.05, 0.1) is 12.9 Å². The standard InChI is InChI=1S/C12H10BrN5/c13-10-9-11(17-12(14)16-10)18(7-15-9)6-8-4-2-1-3-5-8/h1-5,7H,6H2,(H2,14,16,17). The topological polar surface area (TPSA) is 69.6 Å². The number of nitrogens with two attached hydrogens (primary N) is 1. The van der Waals surface area contributed by atoms with Gasteiger partial charge in [0.25, 0.3) is 0 Å². The van der Waals surface area contributed by atoms with Crippen LogP contribution < -0.4 is 5.73 Å². The highest BCUT2D eigenvalue weighted by Gasteiger charge is 2.10. The number of hydrogen-bond donors (Lipinski definition) is 1. The summed E-state index contributed by atoms with van der Waals surface area (Å²) >= 11 is 3.34. The van der Waals surface area contributed by atoms with Crippen molar-refractivity contribution in [3.63, 3.8) is 0 Å². The monoisotopic (exact) mass is 303 g/mol. The molecular formula is C12H10BrN5. The second-order valence-electron chi connectivity index (χ2n) is 3.90. The first-order valence-electron chi connectivity index (χ1n) is 5.42. The Balaban J connectivity index is 2.08. The first-order valence-corrected chi connectivity index (χ1v) is 6.21. The van der Waals surface area contributed by atoms with Gasteiger partial charge in [-0.15, -0.1) is 0 Å². The molecule has 0 bridgehead atoms. The fourth-order valence-corrected chi connectivity index (χ4v) is 2.28. The maximum atomic E-state index is 5.65. The second kappa shape index (κ2) is 4.38. The van der Waals surface area contributed by atoms with Crippen molar-refractivity contribution in [1.29, 1.82) is 0 Å². The summed E-state index contributed by atoms with van der Waals surface area (Å²) in [4.78, 5) is 12.6. The van der Waals surface area contributed by atoms with E-state index in [0.717, 1.165) is 11.2 Å². The summed E-state index contributed by atoms with van der Waals surface area (Å²) in [6.07, 6.45) is 1.75. The van der Waals surface area contributed by atoms with Gasteiger partial charge in [0, 0.05) is 0 Å². The van der Waals surface area contributed by atoms with Crippen LogP contribution >= 0.6 is 15.9 Å². The van der Waals surface area contributed by atoms with E-state index in [1.165, 1.54) is 5.56 Å². The fraction of sp³-hybridized carbons (Fsp3) is 0.0833. The number of halogens is 1. The van der Waals surface area contributed by atoms with Gasteiger partial charge in [-0.2, -0.15) is 4.98 Å². The van der Waals surface area contributed by atoms with Gasteiger partial charge in [-0.25, -0.2) is 9.97 Å². The van der Waals surface area contributed by atoms with Gasteiger partial charge < -0.3 is 10.3 Å². The maximum Gasteiger partial charge on any atom is 0.223 e. The maximum absolute atomic E-state index is 5.65. The summed E-state index contributed by atoms with van der Waals surface area (Å²) in [5, 5.41) is 0.